The number of aliphatic carboxylic acids is 2. The lowest BCUT2D eigenvalue weighted by Gasteiger charge is -2.24. The Hall–Kier alpha value is -1.85. The number of fused-ring (bicyclic) bond motifs is 2. The van der Waals surface area contributed by atoms with Crippen molar-refractivity contribution in [1.82, 2.24) is 5.32 Å². The zero-order chi connectivity index (χ0) is 13.4. The number of allylic oxidation sites excluding steroid dienone is 2. The molecule has 5 unspecified atom stereocenters. The lowest BCUT2D eigenvalue weighted by atomic mass is 9.82. The van der Waals surface area contributed by atoms with Crippen molar-refractivity contribution in [3.05, 3.63) is 12.2 Å². The second-order valence-corrected chi connectivity index (χ2v) is 4.91. The van der Waals surface area contributed by atoms with Crippen LogP contribution in [0.4, 0.5) is 0 Å². The van der Waals surface area contributed by atoms with Crippen LogP contribution in [0.1, 0.15) is 13.3 Å². The van der Waals surface area contributed by atoms with E-state index in [1.807, 2.05) is 12.2 Å². The van der Waals surface area contributed by atoms with Crippen LogP contribution in [0.5, 0.6) is 0 Å². The molecule has 0 radical (unpaired) electrons. The fourth-order valence-electron chi connectivity index (χ4n) is 2.89. The first kappa shape index (κ1) is 12.6. The molecule has 0 saturated heterocycles. The van der Waals surface area contributed by atoms with Crippen molar-refractivity contribution in [2.24, 2.45) is 23.7 Å². The van der Waals surface area contributed by atoms with Gasteiger partial charge in [0.05, 0.1) is 11.8 Å². The standard InChI is InChI=1S/C12H15NO5/c1-5(11(15)16)13-10(14)8-6-2-3-7(4-6)9(8)12(17)18/h2-3,5-9H,4H2,1H3,(H,13,14)(H,15,16)(H,17,18). The number of amides is 1. The minimum absolute atomic E-state index is 0.0860. The summed E-state index contributed by atoms with van der Waals surface area (Å²) in [4.78, 5) is 33.9. The summed E-state index contributed by atoms with van der Waals surface area (Å²) in [5.41, 5.74) is 0. The highest BCUT2D eigenvalue weighted by Crippen LogP contribution is 2.48. The predicted octanol–water partition coefficient (Wildman–Crippen LogP) is 0.0986. The third kappa shape index (κ3) is 1.98. The average Bonchev–Trinajstić information content (AvgIpc) is 2.87. The number of hydrogen-bond donors (Lipinski definition) is 3. The molecule has 0 aromatic carbocycles. The van der Waals surface area contributed by atoms with Crippen LogP contribution in [0, 0.1) is 23.7 Å². The van der Waals surface area contributed by atoms with E-state index in [9.17, 15) is 14.4 Å². The van der Waals surface area contributed by atoms with E-state index < -0.39 is 35.7 Å². The van der Waals surface area contributed by atoms with Crippen LogP contribution < -0.4 is 5.32 Å². The largest absolute Gasteiger partial charge is 0.481 e. The van der Waals surface area contributed by atoms with Gasteiger partial charge in [-0.1, -0.05) is 12.2 Å². The van der Waals surface area contributed by atoms with Crippen LogP contribution in [-0.2, 0) is 14.4 Å². The number of carboxylic acid groups (broad SMARTS) is 2. The first-order valence-electron chi connectivity index (χ1n) is 5.86. The van der Waals surface area contributed by atoms with E-state index in [1.165, 1.54) is 6.92 Å². The second-order valence-electron chi connectivity index (χ2n) is 4.91. The van der Waals surface area contributed by atoms with Gasteiger partial charge in [0.15, 0.2) is 0 Å². The summed E-state index contributed by atoms with van der Waals surface area (Å²) in [5.74, 6) is -4.18. The van der Waals surface area contributed by atoms with E-state index in [-0.39, 0.29) is 11.8 Å². The zero-order valence-electron chi connectivity index (χ0n) is 9.87. The molecule has 2 aliphatic rings. The maximum absolute atomic E-state index is 12.0. The fourth-order valence-corrected chi connectivity index (χ4v) is 2.89. The highest BCUT2D eigenvalue weighted by Gasteiger charge is 2.51. The Morgan fingerprint density at radius 2 is 1.72 bits per heavy atom. The predicted molar refractivity (Wildman–Crippen MR) is 60.6 cm³/mol. The summed E-state index contributed by atoms with van der Waals surface area (Å²) in [6.07, 6.45) is 4.37. The molecule has 0 heterocycles. The summed E-state index contributed by atoms with van der Waals surface area (Å²) < 4.78 is 0. The molecule has 2 rings (SSSR count). The summed E-state index contributed by atoms with van der Waals surface area (Å²) >= 11 is 0. The average molecular weight is 253 g/mol. The van der Waals surface area contributed by atoms with Crippen molar-refractivity contribution >= 4 is 17.8 Å². The van der Waals surface area contributed by atoms with Crippen molar-refractivity contribution in [2.75, 3.05) is 0 Å². The zero-order valence-corrected chi connectivity index (χ0v) is 9.87. The first-order valence-corrected chi connectivity index (χ1v) is 5.86. The minimum Gasteiger partial charge on any atom is -0.481 e. The molecular formula is C12H15NO5. The van der Waals surface area contributed by atoms with Crippen molar-refractivity contribution < 1.29 is 24.6 Å². The number of carbonyl (C=O) groups is 3. The Balaban J connectivity index is 2.12. The Labute approximate surface area is 104 Å². The molecule has 0 aromatic rings. The van der Waals surface area contributed by atoms with E-state index in [0.717, 1.165) is 0 Å². The van der Waals surface area contributed by atoms with Crippen molar-refractivity contribution in [1.29, 1.82) is 0 Å². The summed E-state index contributed by atoms with van der Waals surface area (Å²) in [6, 6.07) is -1.00. The molecule has 1 saturated carbocycles. The van der Waals surface area contributed by atoms with Gasteiger partial charge in [-0.25, -0.2) is 0 Å². The third-order valence-corrected chi connectivity index (χ3v) is 3.78. The minimum atomic E-state index is -1.13. The summed E-state index contributed by atoms with van der Waals surface area (Å²) in [7, 11) is 0. The van der Waals surface area contributed by atoms with Gasteiger partial charge in [-0.3, -0.25) is 14.4 Å². The van der Waals surface area contributed by atoms with Gasteiger partial charge in [-0.2, -0.15) is 0 Å². The summed E-state index contributed by atoms with van der Waals surface area (Å²) in [6.45, 7) is 1.36. The number of carbonyl (C=O) groups excluding carboxylic acids is 1. The van der Waals surface area contributed by atoms with Gasteiger partial charge < -0.3 is 15.5 Å². The molecule has 0 aliphatic heterocycles. The van der Waals surface area contributed by atoms with Crippen LogP contribution >= 0.6 is 0 Å². The van der Waals surface area contributed by atoms with E-state index in [2.05, 4.69) is 5.32 Å². The molecule has 98 valence electrons. The monoisotopic (exact) mass is 253 g/mol. The highest BCUT2D eigenvalue weighted by atomic mass is 16.4. The number of hydrogen-bond acceptors (Lipinski definition) is 3. The number of carboxylic acids is 2. The number of rotatable bonds is 4. The first-order chi connectivity index (χ1) is 8.41. The molecular weight excluding hydrogens is 238 g/mol. The molecule has 0 spiro atoms. The maximum Gasteiger partial charge on any atom is 0.325 e. The second kappa shape index (κ2) is 4.44. The fraction of sp³-hybridized carbons (Fsp3) is 0.583. The van der Waals surface area contributed by atoms with Gasteiger partial charge in [-0.15, -0.1) is 0 Å². The molecule has 2 bridgehead atoms. The van der Waals surface area contributed by atoms with E-state index in [4.69, 9.17) is 10.2 Å². The molecule has 6 nitrogen and oxygen atoms in total. The molecule has 6 heteroatoms. The quantitative estimate of drug-likeness (QED) is 0.616. The molecule has 2 aliphatic carbocycles. The van der Waals surface area contributed by atoms with Gasteiger partial charge >= 0.3 is 11.9 Å². The van der Waals surface area contributed by atoms with Gasteiger partial charge in [0.25, 0.3) is 0 Å². The van der Waals surface area contributed by atoms with Gasteiger partial charge in [0.1, 0.15) is 6.04 Å². The van der Waals surface area contributed by atoms with E-state index in [1.54, 1.807) is 0 Å². The van der Waals surface area contributed by atoms with Crippen LogP contribution in [-0.4, -0.2) is 34.1 Å². The van der Waals surface area contributed by atoms with Gasteiger partial charge in [-0.05, 0) is 25.2 Å². The SMILES string of the molecule is CC(NC(=O)C1C2C=CC(C2)C1C(=O)O)C(=O)O. The molecule has 18 heavy (non-hydrogen) atoms. The molecule has 3 N–H and O–H groups in total. The van der Waals surface area contributed by atoms with Crippen LogP contribution in [0.2, 0.25) is 0 Å². The van der Waals surface area contributed by atoms with Crippen molar-refractivity contribution in [3.63, 3.8) is 0 Å². The smallest absolute Gasteiger partial charge is 0.325 e. The van der Waals surface area contributed by atoms with Crippen LogP contribution in [0.15, 0.2) is 12.2 Å². The van der Waals surface area contributed by atoms with E-state index in [0.29, 0.717) is 6.42 Å². The molecule has 1 fully saturated rings. The normalized spacial score (nSPS) is 34.3. The molecule has 0 aromatic heterocycles. The van der Waals surface area contributed by atoms with Crippen molar-refractivity contribution in [2.45, 2.75) is 19.4 Å². The van der Waals surface area contributed by atoms with Gasteiger partial charge in [0.2, 0.25) is 5.91 Å². The summed E-state index contributed by atoms with van der Waals surface area (Å²) in [5, 5.41) is 20.3. The van der Waals surface area contributed by atoms with Crippen molar-refractivity contribution in [3.8, 4) is 0 Å². The topological polar surface area (TPSA) is 104 Å². The lowest BCUT2D eigenvalue weighted by molar-refractivity contribution is -0.148. The third-order valence-electron chi connectivity index (χ3n) is 3.78. The van der Waals surface area contributed by atoms with Crippen LogP contribution in [0.3, 0.4) is 0 Å². The Morgan fingerprint density at radius 1 is 1.17 bits per heavy atom. The Kier molecular flexibility index (Phi) is 3.11. The maximum atomic E-state index is 12.0. The highest BCUT2D eigenvalue weighted by molar-refractivity contribution is 5.89. The Morgan fingerprint density at radius 3 is 2.22 bits per heavy atom. The molecule has 1 amide bonds. The number of nitrogens with one attached hydrogen (secondary N) is 1. The molecule has 5 atom stereocenters. The van der Waals surface area contributed by atoms with Gasteiger partial charge in [0, 0.05) is 0 Å². The lowest BCUT2D eigenvalue weighted by Crippen LogP contribution is -2.46. The van der Waals surface area contributed by atoms with E-state index >= 15 is 0 Å². The van der Waals surface area contributed by atoms with Crippen LogP contribution in [0.25, 0.3) is 0 Å². The Bertz CT molecular complexity index is 430.